The molecule has 4 rings (SSSR count). The van der Waals surface area contributed by atoms with E-state index in [1.165, 1.54) is 18.2 Å². The number of benzene rings is 2. The van der Waals surface area contributed by atoms with Crippen LogP contribution in [-0.4, -0.2) is 30.4 Å². The van der Waals surface area contributed by atoms with Crippen LogP contribution in [-0.2, 0) is 14.6 Å². The number of aryl methyl sites for hydroxylation is 1. The zero-order valence-electron chi connectivity index (χ0n) is 17.5. The molecule has 0 radical (unpaired) electrons. The van der Waals surface area contributed by atoms with Gasteiger partial charge in [0.05, 0.1) is 15.5 Å². The van der Waals surface area contributed by atoms with Crippen LogP contribution in [0.15, 0.2) is 83.2 Å². The van der Waals surface area contributed by atoms with Crippen molar-refractivity contribution in [3.8, 4) is 16.3 Å². The summed E-state index contributed by atoms with van der Waals surface area (Å²) < 4.78 is 25.4. The number of anilines is 1. The van der Waals surface area contributed by atoms with Crippen molar-refractivity contribution in [3.05, 3.63) is 89.4 Å². The predicted octanol–water partition coefficient (Wildman–Crippen LogP) is 4.96. The van der Waals surface area contributed by atoms with Crippen LogP contribution in [0.2, 0.25) is 0 Å². The topological polar surface area (TPSA) is 81.1 Å². The molecule has 8 heteroatoms. The quantitative estimate of drug-likeness (QED) is 0.410. The Morgan fingerprint density at radius 1 is 1.09 bits per heavy atom. The third-order valence-electron chi connectivity index (χ3n) is 4.83. The van der Waals surface area contributed by atoms with Crippen LogP contribution in [0.1, 0.15) is 11.1 Å². The van der Waals surface area contributed by atoms with E-state index >= 15 is 0 Å². The van der Waals surface area contributed by atoms with Crippen molar-refractivity contribution >= 4 is 38.8 Å². The molecule has 0 saturated carbocycles. The molecule has 0 unspecified atom stereocenters. The minimum Gasteiger partial charge on any atom is -0.322 e. The molecule has 32 heavy (non-hydrogen) atoms. The number of thiophene rings is 1. The molecule has 1 N–H and O–H groups in total. The van der Waals surface area contributed by atoms with Crippen molar-refractivity contribution < 1.29 is 13.2 Å². The Bertz CT molecular complexity index is 1390. The molecule has 0 aliphatic carbocycles. The van der Waals surface area contributed by atoms with Crippen molar-refractivity contribution in [1.82, 2.24) is 9.78 Å². The second-order valence-electron chi connectivity index (χ2n) is 7.26. The largest absolute Gasteiger partial charge is 0.322 e. The van der Waals surface area contributed by atoms with Crippen LogP contribution in [0.5, 0.6) is 0 Å². The van der Waals surface area contributed by atoms with Crippen molar-refractivity contribution in [3.63, 3.8) is 0 Å². The summed E-state index contributed by atoms with van der Waals surface area (Å²) >= 11 is 1.57. The molecule has 4 aromatic rings. The van der Waals surface area contributed by atoms with E-state index in [9.17, 15) is 13.2 Å². The lowest BCUT2D eigenvalue weighted by atomic mass is 10.2. The fraction of sp³-hybridized carbons (Fsp3) is 0.0833. The average molecular weight is 464 g/mol. The van der Waals surface area contributed by atoms with Gasteiger partial charge in [-0.1, -0.05) is 30.3 Å². The van der Waals surface area contributed by atoms with E-state index in [1.54, 1.807) is 28.2 Å². The van der Waals surface area contributed by atoms with Gasteiger partial charge < -0.3 is 5.32 Å². The first-order valence-corrected chi connectivity index (χ1v) is 12.6. The van der Waals surface area contributed by atoms with Gasteiger partial charge in [-0.05, 0) is 54.3 Å². The molecular formula is C24H21N3O3S2. The average Bonchev–Trinajstić information content (AvgIpc) is 3.43. The van der Waals surface area contributed by atoms with Crippen molar-refractivity contribution in [1.29, 1.82) is 0 Å². The van der Waals surface area contributed by atoms with E-state index in [-0.39, 0.29) is 10.8 Å². The Kier molecular flexibility index (Phi) is 6.07. The standard InChI is InChI=1S/C24H21N3O3S2/c1-17-10-12-20(32(2,29)30)15-21(17)25-23(28)13-11-18-16-27(19-7-4-3-5-8-19)26-24(18)22-9-6-14-31-22/h3-16H,1-2H3,(H,25,28)/b13-11+. The van der Waals surface area contributed by atoms with E-state index in [2.05, 4.69) is 5.32 Å². The summed E-state index contributed by atoms with van der Waals surface area (Å²) in [5.41, 5.74) is 3.73. The highest BCUT2D eigenvalue weighted by molar-refractivity contribution is 7.90. The molecule has 162 valence electrons. The van der Waals surface area contributed by atoms with Gasteiger partial charge in [0, 0.05) is 29.8 Å². The summed E-state index contributed by atoms with van der Waals surface area (Å²) in [6.45, 7) is 1.81. The van der Waals surface area contributed by atoms with Crippen LogP contribution in [0.4, 0.5) is 5.69 Å². The van der Waals surface area contributed by atoms with Gasteiger partial charge in [0.1, 0.15) is 5.69 Å². The van der Waals surface area contributed by atoms with Gasteiger partial charge >= 0.3 is 0 Å². The number of amides is 1. The number of carbonyl (C=O) groups is 1. The highest BCUT2D eigenvalue weighted by Crippen LogP contribution is 2.28. The summed E-state index contributed by atoms with van der Waals surface area (Å²) in [6, 6.07) is 18.4. The Balaban J connectivity index is 1.62. The molecule has 0 saturated heterocycles. The third kappa shape index (κ3) is 4.87. The summed E-state index contributed by atoms with van der Waals surface area (Å²) in [5, 5.41) is 9.47. The van der Waals surface area contributed by atoms with Gasteiger partial charge in [-0.25, -0.2) is 13.1 Å². The number of sulfone groups is 1. The summed E-state index contributed by atoms with van der Waals surface area (Å²) in [5.74, 6) is -0.358. The first-order valence-electron chi connectivity index (χ1n) is 9.80. The molecule has 2 aromatic heterocycles. The minimum absolute atomic E-state index is 0.159. The molecule has 1 amide bonds. The van der Waals surface area contributed by atoms with Crippen LogP contribution in [0.25, 0.3) is 22.3 Å². The Morgan fingerprint density at radius 2 is 1.88 bits per heavy atom. The first kappa shape index (κ1) is 21.7. The van der Waals surface area contributed by atoms with Crippen LogP contribution in [0.3, 0.4) is 0 Å². The maximum atomic E-state index is 12.6. The van der Waals surface area contributed by atoms with E-state index < -0.39 is 9.84 Å². The van der Waals surface area contributed by atoms with Gasteiger partial charge in [-0.15, -0.1) is 11.3 Å². The lowest BCUT2D eigenvalue weighted by molar-refractivity contribution is -0.111. The molecule has 0 aliphatic rings. The lowest BCUT2D eigenvalue weighted by Crippen LogP contribution is -2.10. The molecule has 0 atom stereocenters. The Labute approximate surface area is 190 Å². The first-order chi connectivity index (χ1) is 15.3. The zero-order chi connectivity index (χ0) is 22.7. The molecular weight excluding hydrogens is 442 g/mol. The summed E-state index contributed by atoms with van der Waals surface area (Å²) in [7, 11) is -3.37. The van der Waals surface area contributed by atoms with E-state index in [0.29, 0.717) is 5.69 Å². The number of nitrogens with one attached hydrogen (secondary N) is 1. The normalized spacial score (nSPS) is 11.7. The molecule has 2 aromatic carbocycles. The summed E-state index contributed by atoms with van der Waals surface area (Å²) in [6.07, 6.45) is 6.16. The van der Waals surface area contributed by atoms with Crippen molar-refractivity contribution in [2.45, 2.75) is 11.8 Å². The van der Waals surface area contributed by atoms with Crippen molar-refractivity contribution in [2.75, 3.05) is 11.6 Å². The number of nitrogens with zero attached hydrogens (tertiary/aromatic N) is 2. The van der Waals surface area contributed by atoms with E-state index in [4.69, 9.17) is 5.10 Å². The Morgan fingerprint density at radius 3 is 2.56 bits per heavy atom. The maximum absolute atomic E-state index is 12.6. The van der Waals surface area contributed by atoms with Gasteiger partial charge in [-0.2, -0.15) is 5.10 Å². The van der Waals surface area contributed by atoms with Gasteiger partial charge in [-0.3, -0.25) is 4.79 Å². The fourth-order valence-corrected chi connectivity index (χ4v) is 4.51. The number of para-hydroxylation sites is 1. The molecule has 0 aliphatic heterocycles. The predicted molar refractivity (Wildman–Crippen MR) is 129 cm³/mol. The maximum Gasteiger partial charge on any atom is 0.248 e. The van der Waals surface area contributed by atoms with Crippen LogP contribution >= 0.6 is 11.3 Å². The van der Waals surface area contributed by atoms with E-state index in [1.807, 2.05) is 61.0 Å². The molecule has 2 heterocycles. The number of aromatic nitrogens is 2. The van der Waals surface area contributed by atoms with Crippen LogP contribution in [0, 0.1) is 6.92 Å². The molecule has 0 fully saturated rings. The number of rotatable bonds is 6. The van der Waals surface area contributed by atoms with Crippen LogP contribution < -0.4 is 5.32 Å². The third-order valence-corrected chi connectivity index (χ3v) is 6.81. The second-order valence-corrected chi connectivity index (χ2v) is 10.2. The molecule has 0 spiro atoms. The van der Waals surface area contributed by atoms with Gasteiger partial charge in [0.15, 0.2) is 9.84 Å². The fourth-order valence-electron chi connectivity index (χ4n) is 3.13. The smallest absolute Gasteiger partial charge is 0.248 e. The van der Waals surface area contributed by atoms with Crippen molar-refractivity contribution in [2.24, 2.45) is 0 Å². The molecule has 6 nitrogen and oxygen atoms in total. The monoisotopic (exact) mass is 463 g/mol. The van der Waals surface area contributed by atoms with Gasteiger partial charge in [0.2, 0.25) is 5.91 Å². The van der Waals surface area contributed by atoms with E-state index in [0.717, 1.165) is 33.6 Å². The second kappa shape index (κ2) is 8.94. The zero-order valence-corrected chi connectivity index (χ0v) is 19.2. The molecule has 0 bridgehead atoms. The van der Waals surface area contributed by atoms with Gasteiger partial charge in [0.25, 0.3) is 0 Å². The minimum atomic E-state index is -3.37. The SMILES string of the molecule is Cc1ccc(S(C)(=O)=O)cc1NC(=O)/C=C/c1cn(-c2ccccc2)nc1-c1cccs1. The highest BCUT2D eigenvalue weighted by Gasteiger charge is 2.13. The summed E-state index contributed by atoms with van der Waals surface area (Å²) in [4.78, 5) is 13.8. The number of carbonyl (C=O) groups excluding carboxylic acids is 1. The lowest BCUT2D eigenvalue weighted by Gasteiger charge is -2.08. The number of hydrogen-bond acceptors (Lipinski definition) is 5. The highest BCUT2D eigenvalue weighted by atomic mass is 32.2. The Hall–Kier alpha value is -3.49. The number of hydrogen-bond donors (Lipinski definition) is 1.